The Balaban J connectivity index is 1.66. The maximum Gasteiger partial charge on any atom is 0.417 e. The molecule has 1 atom stereocenters. The van der Waals surface area contributed by atoms with Gasteiger partial charge in [0.2, 0.25) is 5.91 Å². The van der Waals surface area contributed by atoms with Gasteiger partial charge in [-0.25, -0.2) is 9.69 Å². The van der Waals surface area contributed by atoms with Crippen LogP contribution in [-0.4, -0.2) is 36.0 Å². The number of hydrogen-bond donors (Lipinski definition) is 1. The lowest BCUT2D eigenvalue weighted by Crippen LogP contribution is -2.40. The van der Waals surface area contributed by atoms with Crippen molar-refractivity contribution in [1.82, 2.24) is 10.2 Å². The highest BCUT2D eigenvalue weighted by atomic mass is 16.6. The first-order valence-corrected chi connectivity index (χ1v) is 8.49. The number of cyclic esters (lactones) is 1. The quantitative estimate of drug-likeness (QED) is 0.830. The van der Waals surface area contributed by atoms with E-state index >= 15 is 0 Å². The number of hydrogen-bond acceptors (Lipinski definition) is 4. The molecule has 1 heterocycles. The predicted molar refractivity (Wildman–Crippen MR) is 95.1 cm³/mol. The second-order valence-electron chi connectivity index (χ2n) is 6.08. The molecule has 1 aliphatic rings. The van der Waals surface area contributed by atoms with Crippen molar-refractivity contribution in [3.63, 3.8) is 0 Å². The maximum atomic E-state index is 12.4. The number of carbonyl (C=O) groups excluding carboxylic acids is 3. The number of amides is 3. The third-order valence-electron chi connectivity index (χ3n) is 4.23. The molecule has 0 aliphatic carbocycles. The molecule has 3 rings (SSSR count). The van der Waals surface area contributed by atoms with E-state index in [4.69, 9.17) is 4.74 Å². The van der Waals surface area contributed by atoms with Gasteiger partial charge < -0.3 is 10.1 Å². The molecule has 1 saturated heterocycles. The molecule has 1 fully saturated rings. The van der Waals surface area contributed by atoms with E-state index < -0.39 is 18.0 Å². The zero-order valence-corrected chi connectivity index (χ0v) is 14.3. The minimum absolute atomic E-state index is 0.0543. The van der Waals surface area contributed by atoms with Crippen LogP contribution in [0.5, 0.6) is 0 Å². The molecule has 0 aromatic heterocycles. The van der Waals surface area contributed by atoms with Gasteiger partial charge in [0.15, 0.2) is 6.61 Å². The van der Waals surface area contributed by atoms with Crippen LogP contribution >= 0.6 is 0 Å². The summed E-state index contributed by atoms with van der Waals surface area (Å²) in [4.78, 5) is 37.0. The summed E-state index contributed by atoms with van der Waals surface area (Å²) in [6, 6.07) is 18.5. The summed E-state index contributed by atoms with van der Waals surface area (Å²) in [5, 5.41) is 2.93. The second-order valence-corrected chi connectivity index (χ2v) is 6.08. The monoisotopic (exact) mass is 352 g/mol. The highest BCUT2D eigenvalue weighted by Crippen LogP contribution is 2.18. The van der Waals surface area contributed by atoms with Gasteiger partial charge in [-0.2, -0.15) is 0 Å². The van der Waals surface area contributed by atoms with E-state index in [9.17, 15) is 14.4 Å². The number of rotatable bonds is 7. The van der Waals surface area contributed by atoms with Gasteiger partial charge in [-0.3, -0.25) is 9.59 Å². The minimum Gasteiger partial charge on any atom is -0.439 e. The Hall–Kier alpha value is -3.15. The Labute approximate surface area is 151 Å². The van der Waals surface area contributed by atoms with Crippen molar-refractivity contribution in [2.75, 3.05) is 13.2 Å². The summed E-state index contributed by atoms with van der Waals surface area (Å²) < 4.78 is 4.75. The van der Waals surface area contributed by atoms with E-state index in [0.717, 1.165) is 16.0 Å². The van der Waals surface area contributed by atoms with Crippen molar-refractivity contribution in [1.29, 1.82) is 0 Å². The SMILES string of the molecule is O=C(CCc1ccccc1)NC(CN1C(=O)COC1=O)c1ccccc1. The molecule has 1 N–H and O–H groups in total. The lowest BCUT2D eigenvalue weighted by Gasteiger charge is -2.23. The topological polar surface area (TPSA) is 75.7 Å². The maximum absolute atomic E-state index is 12.4. The third kappa shape index (κ3) is 4.47. The summed E-state index contributed by atoms with van der Waals surface area (Å²) >= 11 is 0. The number of carbonyl (C=O) groups is 3. The Morgan fingerprint density at radius 3 is 2.31 bits per heavy atom. The zero-order chi connectivity index (χ0) is 18.4. The Morgan fingerprint density at radius 2 is 1.69 bits per heavy atom. The van der Waals surface area contributed by atoms with Crippen LogP contribution in [0.1, 0.15) is 23.6 Å². The van der Waals surface area contributed by atoms with Gasteiger partial charge in [0.1, 0.15) is 0 Å². The molecular weight excluding hydrogens is 332 g/mol. The van der Waals surface area contributed by atoms with Crippen LogP contribution in [0.2, 0.25) is 0 Å². The van der Waals surface area contributed by atoms with Gasteiger partial charge in [0.05, 0.1) is 12.6 Å². The van der Waals surface area contributed by atoms with Crippen molar-refractivity contribution in [3.8, 4) is 0 Å². The van der Waals surface area contributed by atoms with E-state index in [1.54, 1.807) is 0 Å². The van der Waals surface area contributed by atoms with E-state index in [1.165, 1.54) is 0 Å². The molecule has 1 aliphatic heterocycles. The van der Waals surface area contributed by atoms with Crippen LogP contribution in [0.4, 0.5) is 4.79 Å². The van der Waals surface area contributed by atoms with Crippen molar-refractivity contribution in [3.05, 3.63) is 71.8 Å². The van der Waals surface area contributed by atoms with Crippen LogP contribution in [-0.2, 0) is 20.7 Å². The van der Waals surface area contributed by atoms with Gasteiger partial charge in [0, 0.05) is 6.42 Å². The normalized spacial score (nSPS) is 14.8. The summed E-state index contributed by atoms with van der Waals surface area (Å²) in [7, 11) is 0. The predicted octanol–water partition coefficient (Wildman–Crippen LogP) is 2.46. The molecule has 3 amide bonds. The molecule has 2 aromatic carbocycles. The molecule has 0 radical (unpaired) electrons. The molecule has 6 nitrogen and oxygen atoms in total. The van der Waals surface area contributed by atoms with Gasteiger partial charge in [-0.1, -0.05) is 60.7 Å². The fraction of sp³-hybridized carbons (Fsp3) is 0.250. The van der Waals surface area contributed by atoms with Gasteiger partial charge in [-0.05, 0) is 17.5 Å². The standard InChI is InChI=1S/C20H20N2O4/c23-18(12-11-15-7-3-1-4-8-15)21-17(16-9-5-2-6-10-16)13-22-19(24)14-26-20(22)25/h1-10,17H,11-14H2,(H,21,23). The van der Waals surface area contributed by atoms with Crippen LogP contribution in [0.15, 0.2) is 60.7 Å². The fourth-order valence-electron chi connectivity index (χ4n) is 2.83. The van der Waals surface area contributed by atoms with Crippen molar-refractivity contribution < 1.29 is 19.1 Å². The lowest BCUT2D eigenvalue weighted by molar-refractivity contribution is -0.127. The largest absolute Gasteiger partial charge is 0.439 e. The second kappa shape index (κ2) is 8.29. The molecular formula is C20H20N2O4. The first-order valence-electron chi connectivity index (χ1n) is 8.49. The molecule has 0 saturated carbocycles. The molecule has 6 heteroatoms. The van der Waals surface area contributed by atoms with E-state index in [1.807, 2.05) is 60.7 Å². The number of aryl methyl sites for hydroxylation is 1. The fourth-order valence-corrected chi connectivity index (χ4v) is 2.83. The number of nitrogens with one attached hydrogen (secondary N) is 1. The van der Waals surface area contributed by atoms with E-state index in [-0.39, 0.29) is 19.1 Å². The molecule has 1 unspecified atom stereocenters. The van der Waals surface area contributed by atoms with Gasteiger partial charge >= 0.3 is 6.09 Å². The number of nitrogens with zero attached hydrogens (tertiary/aromatic N) is 1. The summed E-state index contributed by atoms with van der Waals surface area (Å²) in [5.41, 5.74) is 1.91. The highest BCUT2D eigenvalue weighted by Gasteiger charge is 2.33. The third-order valence-corrected chi connectivity index (χ3v) is 4.23. The Morgan fingerprint density at radius 1 is 1.04 bits per heavy atom. The van der Waals surface area contributed by atoms with Crippen LogP contribution < -0.4 is 5.32 Å². The van der Waals surface area contributed by atoms with Crippen molar-refractivity contribution in [2.45, 2.75) is 18.9 Å². The molecule has 26 heavy (non-hydrogen) atoms. The summed E-state index contributed by atoms with van der Waals surface area (Å²) in [6.07, 6.45) is 0.277. The highest BCUT2D eigenvalue weighted by molar-refractivity contribution is 5.97. The average Bonchev–Trinajstić information content (AvgIpc) is 2.99. The lowest BCUT2D eigenvalue weighted by atomic mass is 10.1. The van der Waals surface area contributed by atoms with Crippen molar-refractivity contribution >= 4 is 17.9 Å². The molecule has 0 spiro atoms. The van der Waals surface area contributed by atoms with E-state index in [2.05, 4.69) is 5.32 Å². The molecule has 0 bridgehead atoms. The van der Waals surface area contributed by atoms with Crippen LogP contribution in [0.3, 0.4) is 0 Å². The molecule has 2 aromatic rings. The number of imide groups is 1. The smallest absolute Gasteiger partial charge is 0.417 e. The van der Waals surface area contributed by atoms with Crippen LogP contribution in [0.25, 0.3) is 0 Å². The Bertz CT molecular complexity index is 761. The molecule has 134 valence electrons. The van der Waals surface area contributed by atoms with E-state index in [0.29, 0.717) is 12.8 Å². The average molecular weight is 352 g/mol. The summed E-state index contributed by atoms with van der Waals surface area (Å²) in [5.74, 6) is -0.530. The van der Waals surface area contributed by atoms with Gasteiger partial charge in [-0.15, -0.1) is 0 Å². The minimum atomic E-state index is -0.672. The first kappa shape index (κ1) is 17.7. The van der Waals surface area contributed by atoms with Crippen LogP contribution in [0, 0.1) is 0 Å². The zero-order valence-electron chi connectivity index (χ0n) is 14.3. The Kier molecular flexibility index (Phi) is 5.63. The van der Waals surface area contributed by atoms with Crippen molar-refractivity contribution in [2.24, 2.45) is 0 Å². The summed E-state index contributed by atoms with van der Waals surface area (Å²) in [6.45, 7) is -0.193. The first-order chi connectivity index (χ1) is 12.6. The number of ether oxygens (including phenoxy) is 1. The number of benzene rings is 2. The van der Waals surface area contributed by atoms with Gasteiger partial charge in [0.25, 0.3) is 5.91 Å².